The molecule has 1 aromatic carbocycles. The first-order valence-corrected chi connectivity index (χ1v) is 6.78. The molecule has 0 amide bonds. The summed E-state index contributed by atoms with van der Waals surface area (Å²) in [6, 6.07) is 7.82. The van der Waals surface area contributed by atoms with Crippen LogP contribution in [0.2, 0.25) is 0 Å². The summed E-state index contributed by atoms with van der Waals surface area (Å²) in [5.41, 5.74) is 0.369. The minimum absolute atomic E-state index is 0.621. The Labute approximate surface area is 113 Å². The molecule has 0 bridgehead atoms. The third-order valence-corrected chi connectivity index (χ3v) is 3.88. The second kappa shape index (κ2) is 6.06. The number of carboxylic acids is 1. The van der Waals surface area contributed by atoms with E-state index in [1.54, 1.807) is 7.11 Å². The molecule has 1 saturated heterocycles. The van der Waals surface area contributed by atoms with Gasteiger partial charge in [0.15, 0.2) is 0 Å². The first-order chi connectivity index (χ1) is 9.16. The summed E-state index contributed by atoms with van der Waals surface area (Å²) in [5.74, 6) is 0.0913. The SMILES string of the molecule is COc1cccc(CCC2(C(=O)O)CCCCN2)c1. The highest BCUT2D eigenvalue weighted by atomic mass is 16.5. The number of ether oxygens (including phenoxy) is 1. The van der Waals surface area contributed by atoms with Crippen LogP contribution >= 0.6 is 0 Å². The van der Waals surface area contributed by atoms with Crippen molar-refractivity contribution in [1.82, 2.24) is 5.32 Å². The van der Waals surface area contributed by atoms with Crippen molar-refractivity contribution >= 4 is 5.97 Å². The van der Waals surface area contributed by atoms with Crippen LogP contribution in [0.5, 0.6) is 5.75 Å². The molecule has 1 aliphatic heterocycles. The quantitative estimate of drug-likeness (QED) is 0.855. The fourth-order valence-electron chi connectivity index (χ4n) is 2.66. The Morgan fingerprint density at radius 3 is 2.95 bits per heavy atom. The van der Waals surface area contributed by atoms with Crippen molar-refractivity contribution in [3.8, 4) is 5.75 Å². The predicted octanol–water partition coefficient (Wildman–Crippen LogP) is 2.22. The van der Waals surface area contributed by atoms with E-state index >= 15 is 0 Å². The number of aliphatic carboxylic acids is 1. The number of piperidine rings is 1. The molecule has 0 spiro atoms. The van der Waals surface area contributed by atoms with Gasteiger partial charge in [-0.25, -0.2) is 0 Å². The number of hydrogen-bond donors (Lipinski definition) is 2. The number of carbonyl (C=O) groups is 1. The lowest BCUT2D eigenvalue weighted by Gasteiger charge is -2.34. The van der Waals surface area contributed by atoms with Crippen LogP contribution < -0.4 is 10.1 Å². The number of hydrogen-bond acceptors (Lipinski definition) is 3. The van der Waals surface area contributed by atoms with Crippen LogP contribution in [0.1, 0.15) is 31.2 Å². The molecule has 0 radical (unpaired) electrons. The molecule has 1 unspecified atom stereocenters. The van der Waals surface area contributed by atoms with Gasteiger partial charge in [0.25, 0.3) is 0 Å². The van der Waals surface area contributed by atoms with E-state index in [1.165, 1.54) is 0 Å². The Morgan fingerprint density at radius 1 is 1.47 bits per heavy atom. The smallest absolute Gasteiger partial charge is 0.323 e. The van der Waals surface area contributed by atoms with Crippen LogP contribution in [0, 0.1) is 0 Å². The summed E-state index contributed by atoms with van der Waals surface area (Å²) in [5, 5.41) is 12.7. The average Bonchev–Trinajstić information content (AvgIpc) is 2.46. The van der Waals surface area contributed by atoms with E-state index in [9.17, 15) is 9.90 Å². The van der Waals surface area contributed by atoms with Crippen LogP contribution in [-0.4, -0.2) is 30.3 Å². The first-order valence-electron chi connectivity index (χ1n) is 6.78. The molecule has 2 N–H and O–H groups in total. The highest BCUT2D eigenvalue weighted by Gasteiger charge is 2.38. The van der Waals surface area contributed by atoms with Gasteiger partial charge >= 0.3 is 5.97 Å². The molecular formula is C15H21NO3. The van der Waals surface area contributed by atoms with E-state index in [-0.39, 0.29) is 0 Å². The molecule has 104 valence electrons. The van der Waals surface area contributed by atoms with E-state index in [4.69, 9.17) is 4.74 Å². The third-order valence-electron chi connectivity index (χ3n) is 3.88. The van der Waals surface area contributed by atoms with Gasteiger partial charge in [-0.15, -0.1) is 0 Å². The molecule has 2 rings (SSSR count). The monoisotopic (exact) mass is 263 g/mol. The van der Waals surface area contributed by atoms with Gasteiger partial charge in [0.1, 0.15) is 11.3 Å². The fourth-order valence-corrected chi connectivity index (χ4v) is 2.66. The van der Waals surface area contributed by atoms with Gasteiger partial charge in [0.2, 0.25) is 0 Å². The zero-order valence-electron chi connectivity index (χ0n) is 11.3. The predicted molar refractivity (Wildman–Crippen MR) is 73.5 cm³/mol. The van der Waals surface area contributed by atoms with Crippen molar-refractivity contribution in [1.29, 1.82) is 0 Å². The second-order valence-corrected chi connectivity index (χ2v) is 5.12. The van der Waals surface area contributed by atoms with Gasteiger partial charge < -0.3 is 15.2 Å². The molecule has 1 atom stereocenters. The summed E-state index contributed by atoms with van der Waals surface area (Å²) in [6.07, 6.45) is 4.13. The van der Waals surface area contributed by atoms with Crippen molar-refractivity contribution in [3.05, 3.63) is 29.8 Å². The van der Waals surface area contributed by atoms with Crippen molar-refractivity contribution in [2.75, 3.05) is 13.7 Å². The lowest BCUT2D eigenvalue weighted by molar-refractivity contribution is -0.146. The molecule has 1 fully saturated rings. The maximum atomic E-state index is 11.5. The van der Waals surface area contributed by atoms with Crippen LogP contribution in [0.4, 0.5) is 0 Å². The molecular weight excluding hydrogens is 242 g/mol. The Bertz CT molecular complexity index is 439. The van der Waals surface area contributed by atoms with Crippen LogP contribution in [0.25, 0.3) is 0 Å². The minimum atomic E-state index is -0.749. The highest BCUT2D eigenvalue weighted by molar-refractivity contribution is 5.79. The van der Waals surface area contributed by atoms with Crippen molar-refractivity contribution < 1.29 is 14.6 Å². The fraction of sp³-hybridized carbons (Fsp3) is 0.533. The molecule has 1 aromatic rings. The third kappa shape index (κ3) is 3.26. The van der Waals surface area contributed by atoms with Gasteiger partial charge in [-0.05, 0) is 56.3 Å². The van der Waals surface area contributed by atoms with Gasteiger partial charge in [0, 0.05) is 0 Å². The number of rotatable bonds is 5. The van der Waals surface area contributed by atoms with Crippen molar-refractivity contribution in [2.24, 2.45) is 0 Å². The summed E-state index contributed by atoms with van der Waals surface area (Å²) < 4.78 is 5.19. The summed E-state index contributed by atoms with van der Waals surface area (Å²) >= 11 is 0. The zero-order valence-corrected chi connectivity index (χ0v) is 11.3. The van der Waals surface area contributed by atoms with Gasteiger partial charge in [-0.3, -0.25) is 4.79 Å². The van der Waals surface area contributed by atoms with E-state index in [0.717, 1.165) is 37.1 Å². The van der Waals surface area contributed by atoms with Crippen LogP contribution in [0.3, 0.4) is 0 Å². The lowest BCUT2D eigenvalue weighted by Crippen LogP contribution is -2.54. The molecule has 19 heavy (non-hydrogen) atoms. The molecule has 0 aliphatic carbocycles. The molecule has 0 aromatic heterocycles. The zero-order chi connectivity index (χ0) is 13.7. The number of nitrogens with one attached hydrogen (secondary N) is 1. The highest BCUT2D eigenvalue weighted by Crippen LogP contribution is 2.26. The van der Waals surface area contributed by atoms with Gasteiger partial charge in [0.05, 0.1) is 7.11 Å². The largest absolute Gasteiger partial charge is 0.497 e. The topological polar surface area (TPSA) is 58.6 Å². The second-order valence-electron chi connectivity index (χ2n) is 5.12. The number of carboxylic acid groups (broad SMARTS) is 1. The van der Waals surface area contributed by atoms with E-state index in [0.29, 0.717) is 12.8 Å². The molecule has 4 heteroatoms. The molecule has 4 nitrogen and oxygen atoms in total. The summed E-state index contributed by atoms with van der Waals surface area (Å²) in [4.78, 5) is 11.5. The molecule has 1 aliphatic rings. The first kappa shape index (κ1) is 13.9. The standard InChI is InChI=1S/C15H21NO3/c1-19-13-6-4-5-12(11-13)7-9-15(14(17)18)8-2-3-10-16-15/h4-6,11,16H,2-3,7-10H2,1H3,(H,17,18). The Hall–Kier alpha value is -1.55. The van der Waals surface area contributed by atoms with E-state index < -0.39 is 11.5 Å². The van der Waals surface area contributed by atoms with Gasteiger partial charge in [-0.1, -0.05) is 12.1 Å². The minimum Gasteiger partial charge on any atom is -0.497 e. The number of aryl methyl sites for hydroxylation is 1. The van der Waals surface area contributed by atoms with Gasteiger partial charge in [-0.2, -0.15) is 0 Å². The Balaban J connectivity index is 2.04. The maximum absolute atomic E-state index is 11.5. The van der Waals surface area contributed by atoms with E-state index in [2.05, 4.69) is 5.32 Å². The Morgan fingerprint density at radius 2 is 2.32 bits per heavy atom. The number of benzene rings is 1. The number of methoxy groups -OCH3 is 1. The molecule has 1 heterocycles. The average molecular weight is 263 g/mol. The Kier molecular flexibility index (Phi) is 4.43. The summed E-state index contributed by atoms with van der Waals surface area (Å²) in [6.45, 7) is 0.796. The van der Waals surface area contributed by atoms with Crippen molar-refractivity contribution in [2.45, 2.75) is 37.6 Å². The molecule has 0 saturated carbocycles. The van der Waals surface area contributed by atoms with Crippen LogP contribution in [-0.2, 0) is 11.2 Å². The normalized spacial score (nSPS) is 23.0. The maximum Gasteiger partial charge on any atom is 0.323 e. The van der Waals surface area contributed by atoms with Crippen molar-refractivity contribution in [3.63, 3.8) is 0 Å². The van der Waals surface area contributed by atoms with Crippen LogP contribution in [0.15, 0.2) is 24.3 Å². The van der Waals surface area contributed by atoms with E-state index in [1.807, 2.05) is 24.3 Å². The summed E-state index contributed by atoms with van der Waals surface area (Å²) in [7, 11) is 1.64. The lowest BCUT2D eigenvalue weighted by atomic mass is 9.83.